The van der Waals surface area contributed by atoms with Crippen molar-refractivity contribution < 1.29 is 14.7 Å². The van der Waals surface area contributed by atoms with Gasteiger partial charge in [0.15, 0.2) is 0 Å². The summed E-state index contributed by atoms with van der Waals surface area (Å²) in [6, 6.07) is 5.53. The second-order valence-electron chi connectivity index (χ2n) is 4.59. The van der Waals surface area contributed by atoms with Crippen molar-refractivity contribution in [2.45, 2.75) is 19.9 Å². The molecule has 2 amide bonds. The van der Waals surface area contributed by atoms with Crippen molar-refractivity contribution in [3.63, 3.8) is 0 Å². The van der Waals surface area contributed by atoms with Gasteiger partial charge < -0.3 is 21.5 Å². The van der Waals surface area contributed by atoms with Crippen LogP contribution in [0.5, 0.6) is 5.75 Å². The van der Waals surface area contributed by atoms with E-state index in [-0.39, 0.29) is 30.0 Å². The number of carbonyl (C=O) groups excluding carboxylic acids is 2. The van der Waals surface area contributed by atoms with Gasteiger partial charge in [-0.15, -0.1) is 0 Å². The van der Waals surface area contributed by atoms with Crippen LogP contribution >= 0.6 is 0 Å². The minimum absolute atomic E-state index is 0.00846. The molecule has 5 N–H and O–H groups in total. The molecule has 0 aliphatic carbocycles. The first-order valence-electron chi connectivity index (χ1n) is 6.02. The molecule has 0 saturated heterocycles. The Balaban J connectivity index is 2.42. The highest BCUT2D eigenvalue weighted by Crippen LogP contribution is 2.14. The Bertz CT molecular complexity index is 460. The van der Waals surface area contributed by atoms with E-state index in [1.54, 1.807) is 12.1 Å². The summed E-state index contributed by atoms with van der Waals surface area (Å²) in [5.41, 5.74) is 6.11. The normalized spacial score (nSPS) is 12.0. The van der Waals surface area contributed by atoms with Crippen LogP contribution in [0, 0.1) is 5.92 Å². The van der Waals surface area contributed by atoms with E-state index in [9.17, 15) is 14.7 Å². The monoisotopic (exact) mass is 265 g/mol. The third-order valence-corrected chi connectivity index (χ3v) is 2.57. The number of hydrogen-bond donors (Lipinski definition) is 4. The molecule has 1 rings (SSSR count). The van der Waals surface area contributed by atoms with Gasteiger partial charge in [0, 0.05) is 11.8 Å². The second-order valence-corrected chi connectivity index (χ2v) is 4.59. The fourth-order valence-electron chi connectivity index (χ4n) is 1.38. The van der Waals surface area contributed by atoms with Gasteiger partial charge in [0.25, 0.3) is 0 Å². The predicted octanol–water partition coefficient (Wildman–Crippen LogP) is 0.430. The first-order valence-corrected chi connectivity index (χ1v) is 6.02. The summed E-state index contributed by atoms with van der Waals surface area (Å²) in [5, 5.41) is 14.3. The molecule has 0 heterocycles. The highest BCUT2D eigenvalue weighted by Gasteiger charge is 2.17. The molecule has 0 spiro atoms. The molecule has 0 radical (unpaired) electrons. The van der Waals surface area contributed by atoms with E-state index in [4.69, 9.17) is 5.73 Å². The Morgan fingerprint density at radius 2 is 2.05 bits per heavy atom. The number of phenolic OH excluding ortho intramolecular Hbond substituents is 1. The van der Waals surface area contributed by atoms with Crippen molar-refractivity contribution in [3.8, 4) is 5.75 Å². The van der Waals surface area contributed by atoms with Crippen LogP contribution < -0.4 is 16.4 Å². The van der Waals surface area contributed by atoms with E-state index in [1.165, 1.54) is 12.1 Å². The van der Waals surface area contributed by atoms with Crippen molar-refractivity contribution in [1.82, 2.24) is 5.32 Å². The molecule has 1 aromatic carbocycles. The van der Waals surface area contributed by atoms with Crippen LogP contribution in [0.4, 0.5) is 5.69 Å². The molecule has 6 nitrogen and oxygen atoms in total. The Kier molecular flexibility index (Phi) is 5.32. The van der Waals surface area contributed by atoms with E-state index in [2.05, 4.69) is 10.6 Å². The number of nitrogens with two attached hydrogens (primary N) is 1. The zero-order valence-electron chi connectivity index (χ0n) is 11.0. The third kappa shape index (κ3) is 4.97. The van der Waals surface area contributed by atoms with Gasteiger partial charge in [0.2, 0.25) is 11.8 Å². The zero-order chi connectivity index (χ0) is 14.4. The van der Waals surface area contributed by atoms with Crippen LogP contribution in [-0.4, -0.2) is 29.5 Å². The number of benzene rings is 1. The van der Waals surface area contributed by atoms with E-state index < -0.39 is 6.04 Å². The lowest BCUT2D eigenvalue weighted by Gasteiger charge is -2.15. The fourth-order valence-corrected chi connectivity index (χ4v) is 1.38. The SMILES string of the molecule is CC(C)[C@H](N)C(=O)NCC(=O)Nc1cccc(O)c1. The quantitative estimate of drug-likeness (QED) is 0.619. The molecule has 1 atom stereocenters. The number of aromatic hydroxyl groups is 1. The van der Waals surface area contributed by atoms with E-state index in [1.807, 2.05) is 13.8 Å². The van der Waals surface area contributed by atoms with Crippen molar-refractivity contribution in [3.05, 3.63) is 24.3 Å². The van der Waals surface area contributed by atoms with Gasteiger partial charge in [-0.25, -0.2) is 0 Å². The first-order chi connectivity index (χ1) is 8.90. The molecule has 0 unspecified atom stereocenters. The average Bonchev–Trinajstić information content (AvgIpc) is 2.34. The molecule has 0 aromatic heterocycles. The lowest BCUT2D eigenvalue weighted by molar-refractivity contribution is -0.125. The number of phenols is 1. The Morgan fingerprint density at radius 1 is 1.37 bits per heavy atom. The van der Waals surface area contributed by atoms with Gasteiger partial charge in [-0.1, -0.05) is 19.9 Å². The summed E-state index contributed by atoms with van der Waals surface area (Å²) in [5.74, 6) is -0.672. The minimum Gasteiger partial charge on any atom is -0.508 e. The number of hydrogen-bond acceptors (Lipinski definition) is 4. The molecule has 19 heavy (non-hydrogen) atoms. The van der Waals surface area contributed by atoms with Crippen LogP contribution in [0.3, 0.4) is 0 Å². The maximum absolute atomic E-state index is 11.6. The molecule has 6 heteroatoms. The molecule has 0 saturated carbocycles. The molecular formula is C13H19N3O3. The number of nitrogens with one attached hydrogen (secondary N) is 2. The van der Waals surface area contributed by atoms with Crippen LogP contribution in [0.2, 0.25) is 0 Å². The molecule has 0 bridgehead atoms. The number of carbonyl (C=O) groups is 2. The van der Waals surface area contributed by atoms with Crippen LogP contribution in [0.25, 0.3) is 0 Å². The first kappa shape index (κ1) is 15.0. The van der Waals surface area contributed by atoms with Gasteiger partial charge in [-0.2, -0.15) is 0 Å². The summed E-state index contributed by atoms with van der Waals surface area (Å²) >= 11 is 0. The van der Waals surface area contributed by atoms with E-state index in [0.29, 0.717) is 5.69 Å². The molecule has 0 aliphatic heterocycles. The Labute approximate surface area is 112 Å². The highest BCUT2D eigenvalue weighted by atomic mass is 16.3. The van der Waals surface area contributed by atoms with Crippen molar-refractivity contribution in [1.29, 1.82) is 0 Å². The molecule has 0 fully saturated rings. The summed E-state index contributed by atoms with van der Waals surface area (Å²) in [4.78, 5) is 23.1. The largest absolute Gasteiger partial charge is 0.508 e. The van der Waals surface area contributed by atoms with Crippen LogP contribution in [0.1, 0.15) is 13.8 Å². The second kappa shape index (κ2) is 6.75. The van der Waals surface area contributed by atoms with E-state index >= 15 is 0 Å². The van der Waals surface area contributed by atoms with E-state index in [0.717, 1.165) is 0 Å². The average molecular weight is 265 g/mol. The maximum Gasteiger partial charge on any atom is 0.243 e. The highest BCUT2D eigenvalue weighted by molar-refractivity contribution is 5.95. The minimum atomic E-state index is -0.631. The zero-order valence-corrected chi connectivity index (χ0v) is 11.0. The van der Waals surface area contributed by atoms with Gasteiger partial charge in [-0.05, 0) is 18.1 Å². The van der Waals surface area contributed by atoms with Gasteiger partial charge in [-0.3, -0.25) is 9.59 Å². The molecule has 0 aliphatic rings. The lowest BCUT2D eigenvalue weighted by Crippen LogP contribution is -2.46. The van der Waals surface area contributed by atoms with Crippen molar-refractivity contribution in [2.75, 3.05) is 11.9 Å². The third-order valence-electron chi connectivity index (χ3n) is 2.57. The van der Waals surface area contributed by atoms with Crippen molar-refractivity contribution >= 4 is 17.5 Å². The molecular weight excluding hydrogens is 246 g/mol. The molecule has 1 aromatic rings. The van der Waals surface area contributed by atoms with Crippen LogP contribution in [-0.2, 0) is 9.59 Å². The predicted molar refractivity (Wildman–Crippen MR) is 72.6 cm³/mol. The van der Waals surface area contributed by atoms with Crippen LogP contribution in [0.15, 0.2) is 24.3 Å². The number of anilines is 1. The summed E-state index contributed by atoms with van der Waals surface area (Å²) in [6.07, 6.45) is 0. The summed E-state index contributed by atoms with van der Waals surface area (Å²) in [7, 11) is 0. The maximum atomic E-state index is 11.6. The Morgan fingerprint density at radius 3 is 2.63 bits per heavy atom. The summed E-state index contributed by atoms with van der Waals surface area (Å²) < 4.78 is 0. The Hall–Kier alpha value is -2.08. The topological polar surface area (TPSA) is 104 Å². The van der Waals surface area contributed by atoms with Gasteiger partial charge >= 0.3 is 0 Å². The van der Waals surface area contributed by atoms with Gasteiger partial charge in [0.05, 0.1) is 12.6 Å². The number of amides is 2. The standard InChI is InChI=1S/C13H19N3O3/c1-8(2)12(14)13(19)15-7-11(18)16-9-4-3-5-10(17)6-9/h3-6,8,12,17H,7,14H2,1-2H3,(H,15,19)(H,16,18)/t12-/m0/s1. The fraction of sp³-hybridized carbons (Fsp3) is 0.385. The lowest BCUT2D eigenvalue weighted by atomic mass is 10.1. The molecule has 104 valence electrons. The van der Waals surface area contributed by atoms with Gasteiger partial charge in [0.1, 0.15) is 5.75 Å². The number of rotatable bonds is 5. The summed E-state index contributed by atoms with van der Waals surface area (Å²) in [6.45, 7) is 3.50. The smallest absolute Gasteiger partial charge is 0.243 e. The van der Waals surface area contributed by atoms with Crippen molar-refractivity contribution in [2.24, 2.45) is 11.7 Å².